The Bertz CT molecular complexity index is 278. The van der Waals surface area contributed by atoms with Crippen LogP contribution in [0.5, 0.6) is 0 Å². The first-order valence-corrected chi connectivity index (χ1v) is 5.05. The molecule has 1 fully saturated rings. The summed E-state index contributed by atoms with van der Waals surface area (Å²) in [6.07, 6.45) is 1.21. The third kappa shape index (κ3) is 2.25. The van der Waals surface area contributed by atoms with Gasteiger partial charge in [0.15, 0.2) is 0 Å². The van der Waals surface area contributed by atoms with Crippen LogP contribution in [0.1, 0.15) is 27.2 Å². The van der Waals surface area contributed by atoms with Gasteiger partial charge in [-0.1, -0.05) is 6.92 Å². The van der Waals surface area contributed by atoms with E-state index in [0.29, 0.717) is 5.92 Å². The Labute approximate surface area is 85.7 Å². The molecule has 0 aromatic carbocycles. The molecular weight excluding hydrogens is 176 g/mol. The molecule has 2 unspecified atom stereocenters. The quantitative estimate of drug-likeness (QED) is 0.685. The first kappa shape index (κ1) is 11.0. The highest BCUT2D eigenvalue weighted by atomic mass is 16.2. The van der Waals surface area contributed by atoms with Gasteiger partial charge in [-0.2, -0.15) is 5.26 Å². The zero-order valence-electron chi connectivity index (χ0n) is 9.37. The van der Waals surface area contributed by atoms with Gasteiger partial charge in [0.25, 0.3) is 0 Å². The molecule has 3 heteroatoms. The maximum absolute atomic E-state index is 11.8. The normalized spacial score (nSPS) is 25.4. The van der Waals surface area contributed by atoms with Gasteiger partial charge in [-0.3, -0.25) is 4.79 Å². The summed E-state index contributed by atoms with van der Waals surface area (Å²) >= 11 is 0. The van der Waals surface area contributed by atoms with Gasteiger partial charge in [-0.15, -0.1) is 0 Å². The molecule has 0 aliphatic heterocycles. The van der Waals surface area contributed by atoms with Crippen LogP contribution in [-0.4, -0.2) is 24.4 Å². The fourth-order valence-electron chi connectivity index (χ4n) is 1.61. The van der Waals surface area contributed by atoms with Crippen LogP contribution in [0.15, 0.2) is 0 Å². The Balaban J connectivity index is 2.49. The van der Waals surface area contributed by atoms with Crippen molar-refractivity contribution < 1.29 is 4.79 Å². The predicted octanol–water partition coefficient (Wildman–Crippen LogP) is 1.65. The van der Waals surface area contributed by atoms with E-state index in [2.05, 4.69) is 6.92 Å². The number of hydrogen-bond acceptors (Lipinski definition) is 2. The van der Waals surface area contributed by atoms with Crippen LogP contribution in [-0.2, 0) is 4.79 Å². The van der Waals surface area contributed by atoms with Gasteiger partial charge in [0.2, 0.25) is 5.91 Å². The van der Waals surface area contributed by atoms with E-state index in [4.69, 9.17) is 5.26 Å². The van der Waals surface area contributed by atoms with Crippen molar-refractivity contribution in [3.63, 3.8) is 0 Å². The van der Waals surface area contributed by atoms with Crippen molar-refractivity contribution in [1.29, 1.82) is 5.26 Å². The molecular formula is C11H18N2O. The Hall–Kier alpha value is -1.04. The van der Waals surface area contributed by atoms with Gasteiger partial charge in [0.1, 0.15) is 5.41 Å². The molecule has 0 spiro atoms. The molecule has 1 saturated carbocycles. The first-order chi connectivity index (χ1) is 6.38. The minimum atomic E-state index is -0.882. The van der Waals surface area contributed by atoms with E-state index in [9.17, 15) is 4.79 Å². The van der Waals surface area contributed by atoms with Crippen LogP contribution in [0.2, 0.25) is 0 Å². The highest BCUT2D eigenvalue weighted by molar-refractivity contribution is 5.84. The molecule has 14 heavy (non-hydrogen) atoms. The van der Waals surface area contributed by atoms with Gasteiger partial charge in [-0.25, -0.2) is 0 Å². The van der Waals surface area contributed by atoms with Crippen LogP contribution >= 0.6 is 0 Å². The van der Waals surface area contributed by atoms with Crippen molar-refractivity contribution in [2.45, 2.75) is 27.2 Å². The minimum Gasteiger partial charge on any atom is -0.344 e. The van der Waals surface area contributed by atoms with E-state index in [1.807, 2.05) is 6.07 Å². The summed E-state index contributed by atoms with van der Waals surface area (Å²) in [4.78, 5) is 13.5. The number of rotatable bonds is 3. The van der Waals surface area contributed by atoms with Gasteiger partial charge in [0.05, 0.1) is 6.07 Å². The van der Waals surface area contributed by atoms with E-state index in [1.54, 1.807) is 25.8 Å². The van der Waals surface area contributed by atoms with E-state index in [-0.39, 0.29) is 5.91 Å². The van der Waals surface area contributed by atoms with E-state index >= 15 is 0 Å². The number of hydrogen-bond donors (Lipinski definition) is 0. The zero-order valence-corrected chi connectivity index (χ0v) is 9.37. The maximum Gasteiger partial charge on any atom is 0.242 e. The second kappa shape index (κ2) is 3.61. The van der Waals surface area contributed by atoms with Crippen molar-refractivity contribution in [2.24, 2.45) is 17.3 Å². The average molecular weight is 194 g/mol. The van der Waals surface area contributed by atoms with Crippen molar-refractivity contribution in [1.82, 2.24) is 4.90 Å². The Morgan fingerprint density at radius 3 is 2.50 bits per heavy atom. The Morgan fingerprint density at radius 2 is 2.14 bits per heavy atom. The van der Waals surface area contributed by atoms with Crippen LogP contribution in [0.25, 0.3) is 0 Å². The Kier molecular flexibility index (Phi) is 2.84. The molecule has 1 amide bonds. The lowest BCUT2D eigenvalue weighted by Gasteiger charge is -2.23. The predicted molar refractivity (Wildman–Crippen MR) is 54.3 cm³/mol. The van der Waals surface area contributed by atoms with E-state index in [0.717, 1.165) is 12.5 Å². The number of amides is 1. The largest absolute Gasteiger partial charge is 0.344 e. The van der Waals surface area contributed by atoms with Gasteiger partial charge < -0.3 is 4.90 Å². The monoisotopic (exact) mass is 194 g/mol. The maximum atomic E-state index is 11.8. The fraction of sp³-hybridized carbons (Fsp3) is 0.818. The number of nitrogens with zero attached hydrogens (tertiary/aromatic N) is 2. The molecule has 0 heterocycles. The summed E-state index contributed by atoms with van der Waals surface area (Å²) in [5.41, 5.74) is -0.882. The van der Waals surface area contributed by atoms with Crippen molar-refractivity contribution in [3.05, 3.63) is 0 Å². The van der Waals surface area contributed by atoms with Crippen LogP contribution < -0.4 is 0 Å². The molecule has 1 aliphatic rings. The molecule has 0 bridgehead atoms. The molecule has 0 aromatic heterocycles. The second-order valence-corrected chi connectivity index (χ2v) is 4.90. The molecule has 78 valence electrons. The average Bonchev–Trinajstić information content (AvgIpc) is 2.80. The number of nitriles is 1. The molecule has 0 aromatic rings. The van der Waals surface area contributed by atoms with E-state index in [1.165, 1.54) is 6.42 Å². The summed E-state index contributed by atoms with van der Waals surface area (Å²) in [7, 11) is 1.78. The number of carbonyl (C=O) groups excluding carboxylic acids is 1. The zero-order chi connectivity index (χ0) is 10.9. The third-order valence-corrected chi connectivity index (χ3v) is 2.95. The standard InChI is InChI=1S/C11H18N2O/c1-8-5-9(8)6-13(4)10(14)11(2,3)7-12/h8-9H,5-6H2,1-4H3. The highest BCUT2D eigenvalue weighted by Gasteiger charge is 2.37. The molecule has 2 atom stereocenters. The smallest absolute Gasteiger partial charge is 0.242 e. The number of carbonyl (C=O) groups is 1. The minimum absolute atomic E-state index is 0.0703. The fourth-order valence-corrected chi connectivity index (χ4v) is 1.61. The highest BCUT2D eigenvalue weighted by Crippen LogP contribution is 2.38. The van der Waals surface area contributed by atoms with Gasteiger partial charge in [-0.05, 0) is 32.1 Å². The van der Waals surface area contributed by atoms with Crippen LogP contribution in [0.3, 0.4) is 0 Å². The summed E-state index contributed by atoms with van der Waals surface area (Å²) in [5.74, 6) is 1.33. The lowest BCUT2D eigenvalue weighted by Crippen LogP contribution is -2.38. The summed E-state index contributed by atoms with van der Waals surface area (Å²) in [6, 6.07) is 2.04. The SMILES string of the molecule is CC1CC1CN(C)C(=O)C(C)(C)C#N. The topological polar surface area (TPSA) is 44.1 Å². The van der Waals surface area contributed by atoms with Crippen molar-refractivity contribution in [2.75, 3.05) is 13.6 Å². The summed E-state index contributed by atoms with van der Waals surface area (Å²) in [5, 5.41) is 8.82. The molecule has 1 aliphatic carbocycles. The second-order valence-electron chi connectivity index (χ2n) is 4.90. The molecule has 0 N–H and O–H groups in total. The van der Waals surface area contributed by atoms with E-state index < -0.39 is 5.41 Å². The van der Waals surface area contributed by atoms with Crippen molar-refractivity contribution >= 4 is 5.91 Å². The van der Waals surface area contributed by atoms with Crippen LogP contribution in [0.4, 0.5) is 0 Å². The van der Waals surface area contributed by atoms with Gasteiger partial charge in [0, 0.05) is 13.6 Å². The molecule has 0 saturated heterocycles. The molecule has 0 radical (unpaired) electrons. The van der Waals surface area contributed by atoms with Crippen LogP contribution in [0, 0.1) is 28.6 Å². The summed E-state index contributed by atoms with van der Waals surface area (Å²) < 4.78 is 0. The molecule has 1 rings (SSSR count). The Morgan fingerprint density at radius 1 is 1.64 bits per heavy atom. The first-order valence-electron chi connectivity index (χ1n) is 5.05. The van der Waals surface area contributed by atoms with Gasteiger partial charge >= 0.3 is 0 Å². The summed E-state index contributed by atoms with van der Waals surface area (Å²) in [6.45, 7) is 6.33. The third-order valence-electron chi connectivity index (χ3n) is 2.95. The van der Waals surface area contributed by atoms with Crippen molar-refractivity contribution in [3.8, 4) is 6.07 Å². The lowest BCUT2D eigenvalue weighted by molar-refractivity contribution is -0.136. The lowest BCUT2D eigenvalue weighted by atomic mass is 9.94. The molecule has 3 nitrogen and oxygen atoms in total.